The van der Waals surface area contributed by atoms with Gasteiger partial charge in [0.2, 0.25) is 0 Å². The SMILES string of the molecule is CSc1nnc(-c2nn(C)c3c2CN(C(=O)c2ccc(Cl)cc2)CC3)n1C. The highest BCUT2D eigenvalue weighted by molar-refractivity contribution is 7.98. The Hall–Kier alpha value is -2.32. The summed E-state index contributed by atoms with van der Waals surface area (Å²) in [5.41, 5.74) is 3.60. The van der Waals surface area contributed by atoms with Gasteiger partial charge in [0.05, 0.1) is 6.54 Å². The number of nitrogens with zero attached hydrogens (tertiary/aromatic N) is 6. The number of thioether (sulfide) groups is 1. The quantitative estimate of drug-likeness (QED) is 0.630. The van der Waals surface area contributed by atoms with Gasteiger partial charge in [-0.3, -0.25) is 9.48 Å². The number of benzene rings is 1. The maximum Gasteiger partial charge on any atom is 0.254 e. The van der Waals surface area contributed by atoms with E-state index in [0.717, 1.165) is 34.4 Å². The van der Waals surface area contributed by atoms with Crippen LogP contribution in [0.4, 0.5) is 0 Å². The van der Waals surface area contributed by atoms with E-state index in [1.54, 1.807) is 24.3 Å². The van der Waals surface area contributed by atoms with E-state index < -0.39 is 0 Å². The molecule has 0 spiro atoms. The molecule has 1 aliphatic heterocycles. The summed E-state index contributed by atoms with van der Waals surface area (Å²) in [6.07, 6.45) is 2.72. The van der Waals surface area contributed by atoms with Gasteiger partial charge in [-0.15, -0.1) is 10.2 Å². The predicted octanol–water partition coefficient (Wildman–Crippen LogP) is 2.79. The van der Waals surface area contributed by atoms with Crippen LogP contribution in [0.3, 0.4) is 0 Å². The fourth-order valence-electron chi connectivity index (χ4n) is 3.42. The molecule has 0 atom stereocenters. The van der Waals surface area contributed by atoms with E-state index >= 15 is 0 Å². The fraction of sp³-hybridized carbons (Fsp3) is 0.333. The van der Waals surface area contributed by atoms with Crippen molar-refractivity contribution >= 4 is 29.3 Å². The smallest absolute Gasteiger partial charge is 0.254 e. The Kier molecular flexibility index (Phi) is 4.69. The standard InChI is InChI=1S/C18H19ClN6OS/c1-23-16(20-21-18(23)27-3)15-13-10-25(9-8-14(13)24(2)22-15)17(26)11-4-6-12(19)7-5-11/h4-7H,8-10H2,1-3H3. The van der Waals surface area contributed by atoms with Crippen molar-refractivity contribution in [3.05, 3.63) is 46.1 Å². The minimum absolute atomic E-state index is 0.00473. The Bertz CT molecular complexity index is 1010. The lowest BCUT2D eigenvalue weighted by atomic mass is 10.0. The molecule has 1 aliphatic rings. The molecule has 9 heteroatoms. The average Bonchev–Trinajstić information content (AvgIpc) is 3.21. The van der Waals surface area contributed by atoms with Crippen LogP contribution in [0.5, 0.6) is 0 Å². The molecular formula is C18H19ClN6OS. The molecule has 3 heterocycles. The molecule has 0 radical (unpaired) electrons. The summed E-state index contributed by atoms with van der Waals surface area (Å²) in [4.78, 5) is 14.8. The molecule has 0 fully saturated rings. The largest absolute Gasteiger partial charge is 0.334 e. The second-order valence-electron chi connectivity index (χ2n) is 6.45. The van der Waals surface area contributed by atoms with Crippen molar-refractivity contribution in [2.75, 3.05) is 12.8 Å². The summed E-state index contributed by atoms with van der Waals surface area (Å²) in [7, 11) is 3.87. The number of aromatic nitrogens is 5. The zero-order valence-electron chi connectivity index (χ0n) is 15.3. The van der Waals surface area contributed by atoms with Gasteiger partial charge in [0, 0.05) is 48.9 Å². The van der Waals surface area contributed by atoms with Gasteiger partial charge in [-0.1, -0.05) is 23.4 Å². The van der Waals surface area contributed by atoms with Crippen LogP contribution in [0, 0.1) is 0 Å². The van der Waals surface area contributed by atoms with Gasteiger partial charge >= 0.3 is 0 Å². The van der Waals surface area contributed by atoms with E-state index in [4.69, 9.17) is 11.6 Å². The van der Waals surface area contributed by atoms with Gasteiger partial charge in [0.15, 0.2) is 11.0 Å². The lowest BCUT2D eigenvalue weighted by molar-refractivity contribution is 0.0733. The third-order valence-corrected chi connectivity index (χ3v) is 5.82. The summed E-state index contributed by atoms with van der Waals surface area (Å²) >= 11 is 7.47. The highest BCUT2D eigenvalue weighted by Gasteiger charge is 2.29. The van der Waals surface area contributed by atoms with Crippen LogP contribution >= 0.6 is 23.4 Å². The van der Waals surface area contributed by atoms with Crippen molar-refractivity contribution in [3.8, 4) is 11.5 Å². The number of hydrogen-bond acceptors (Lipinski definition) is 5. The Balaban J connectivity index is 1.68. The van der Waals surface area contributed by atoms with Crippen LogP contribution in [0.1, 0.15) is 21.6 Å². The van der Waals surface area contributed by atoms with E-state index in [-0.39, 0.29) is 5.91 Å². The van der Waals surface area contributed by atoms with E-state index in [0.29, 0.717) is 23.7 Å². The van der Waals surface area contributed by atoms with Gasteiger partial charge in [0.1, 0.15) is 5.69 Å². The summed E-state index contributed by atoms with van der Waals surface area (Å²) in [6.45, 7) is 1.16. The number of halogens is 1. The van der Waals surface area contributed by atoms with E-state index in [1.807, 2.05) is 34.5 Å². The van der Waals surface area contributed by atoms with Crippen molar-refractivity contribution < 1.29 is 4.79 Å². The molecular weight excluding hydrogens is 384 g/mol. The normalized spacial score (nSPS) is 13.7. The summed E-state index contributed by atoms with van der Waals surface area (Å²) in [6, 6.07) is 7.00. The number of fused-ring (bicyclic) bond motifs is 1. The molecule has 0 saturated heterocycles. The van der Waals surface area contributed by atoms with E-state index in [1.165, 1.54) is 11.8 Å². The predicted molar refractivity (Wildman–Crippen MR) is 105 cm³/mol. The minimum Gasteiger partial charge on any atom is -0.334 e. The molecule has 0 N–H and O–H groups in total. The number of aryl methyl sites for hydroxylation is 1. The number of amides is 1. The van der Waals surface area contributed by atoms with Gasteiger partial charge in [0.25, 0.3) is 5.91 Å². The van der Waals surface area contributed by atoms with Gasteiger partial charge in [-0.25, -0.2) is 0 Å². The lowest BCUT2D eigenvalue weighted by Crippen LogP contribution is -2.36. The first-order valence-electron chi connectivity index (χ1n) is 8.53. The van der Waals surface area contributed by atoms with Crippen LogP contribution in [0.25, 0.3) is 11.5 Å². The van der Waals surface area contributed by atoms with Crippen LogP contribution in [-0.4, -0.2) is 48.2 Å². The summed E-state index contributed by atoms with van der Waals surface area (Å²) < 4.78 is 3.83. The highest BCUT2D eigenvalue weighted by Crippen LogP contribution is 2.30. The molecule has 0 aliphatic carbocycles. The molecule has 0 bridgehead atoms. The molecule has 1 aromatic carbocycles. The number of hydrogen-bond donors (Lipinski definition) is 0. The maximum absolute atomic E-state index is 12.9. The molecule has 140 valence electrons. The topological polar surface area (TPSA) is 68.8 Å². The van der Waals surface area contributed by atoms with Gasteiger partial charge in [-0.2, -0.15) is 5.10 Å². The first-order valence-corrected chi connectivity index (χ1v) is 10.1. The Morgan fingerprint density at radius 2 is 1.93 bits per heavy atom. The van der Waals surface area contributed by atoms with Crippen molar-refractivity contribution in [3.63, 3.8) is 0 Å². The van der Waals surface area contributed by atoms with Crippen molar-refractivity contribution in [1.82, 2.24) is 29.4 Å². The Labute approximate surface area is 166 Å². The lowest BCUT2D eigenvalue weighted by Gasteiger charge is -2.27. The number of rotatable bonds is 3. The second kappa shape index (κ2) is 7.01. The molecule has 2 aromatic heterocycles. The molecule has 1 amide bonds. The van der Waals surface area contributed by atoms with Gasteiger partial charge < -0.3 is 9.47 Å². The molecule has 4 rings (SSSR count). The fourth-order valence-corrected chi connectivity index (χ4v) is 4.03. The highest BCUT2D eigenvalue weighted by atomic mass is 35.5. The van der Waals surface area contributed by atoms with E-state index in [2.05, 4.69) is 15.3 Å². The Morgan fingerprint density at radius 1 is 1.19 bits per heavy atom. The first-order chi connectivity index (χ1) is 13.0. The first kappa shape index (κ1) is 18.1. The summed E-state index contributed by atoms with van der Waals surface area (Å²) in [5.74, 6) is 0.715. The molecule has 0 unspecified atom stereocenters. The monoisotopic (exact) mass is 402 g/mol. The minimum atomic E-state index is -0.00473. The van der Waals surface area contributed by atoms with Crippen LogP contribution in [0.2, 0.25) is 5.02 Å². The zero-order chi connectivity index (χ0) is 19.1. The molecule has 7 nitrogen and oxygen atoms in total. The van der Waals surface area contributed by atoms with Crippen LogP contribution in [-0.2, 0) is 27.1 Å². The number of carbonyl (C=O) groups excluding carboxylic acids is 1. The van der Waals surface area contributed by atoms with Crippen molar-refractivity contribution in [2.45, 2.75) is 18.1 Å². The zero-order valence-corrected chi connectivity index (χ0v) is 16.9. The summed E-state index contributed by atoms with van der Waals surface area (Å²) in [5, 5.41) is 14.7. The molecule has 0 saturated carbocycles. The maximum atomic E-state index is 12.9. The van der Waals surface area contributed by atoms with E-state index in [9.17, 15) is 4.79 Å². The van der Waals surface area contributed by atoms with Crippen molar-refractivity contribution in [1.29, 1.82) is 0 Å². The third-order valence-electron chi connectivity index (χ3n) is 4.85. The average molecular weight is 403 g/mol. The van der Waals surface area contributed by atoms with Crippen LogP contribution < -0.4 is 0 Å². The third kappa shape index (κ3) is 3.12. The second-order valence-corrected chi connectivity index (χ2v) is 7.66. The molecule has 3 aromatic rings. The van der Waals surface area contributed by atoms with Crippen molar-refractivity contribution in [2.24, 2.45) is 14.1 Å². The van der Waals surface area contributed by atoms with Gasteiger partial charge in [-0.05, 0) is 30.5 Å². The number of carbonyl (C=O) groups is 1. The molecule has 27 heavy (non-hydrogen) atoms. The van der Waals surface area contributed by atoms with Crippen LogP contribution in [0.15, 0.2) is 29.4 Å². The Morgan fingerprint density at radius 3 is 2.59 bits per heavy atom.